The molecule has 0 radical (unpaired) electrons. The maximum absolute atomic E-state index is 11.6. The van der Waals surface area contributed by atoms with Gasteiger partial charge in [0.15, 0.2) is 0 Å². The normalized spacial score (nSPS) is 30.1. The highest BCUT2D eigenvalue weighted by Crippen LogP contribution is 2.28. The van der Waals surface area contributed by atoms with Crippen molar-refractivity contribution in [3.63, 3.8) is 0 Å². The molecule has 3 unspecified atom stereocenters. The van der Waals surface area contributed by atoms with Crippen molar-refractivity contribution in [2.24, 2.45) is 11.8 Å². The lowest BCUT2D eigenvalue weighted by molar-refractivity contribution is -0.153. The van der Waals surface area contributed by atoms with Gasteiger partial charge in [-0.05, 0) is 51.9 Å². The first-order chi connectivity index (χ1) is 7.78. The van der Waals surface area contributed by atoms with Gasteiger partial charge in [0.1, 0.15) is 5.60 Å². The van der Waals surface area contributed by atoms with Gasteiger partial charge in [-0.15, -0.1) is 0 Å². The van der Waals surface area contributed by atoms with Gasteiger partial charge in [-0.2, -0.15) is 0 Å². The third-order valence-electron chi connectivity index (χ3n) is 3.36. The molecule has 0 amide bonds. The van der Waals surface area contributed by atoms with E-state index >= 15 is 0 Å². The number of ether oxygens (including phenoxy) is 1. The van der Waals surface area contributed by atoms with Crippen LogP contribution in [0.4, 0.5) is 0 Å². The van der Waals surface area contributed by atoms with E-state index < -0.39 is 0 Å². The lowest BCUT2D eigenvalue weighted by atomic mass is 9.80. The molecule has 1 aliphatic carbocycles. The van der Waals surface area contributed by atoms with Gasteiger partial charge >= 0.3 is 5.97 Å². The van der Waals surface area contributed by atoms with E-state index in [0.717, 1.165) is 5.92 Å². The second-order valence-corrected chi connectivity index (χ2v) is 6.47. The van der Waals surface area contributed by atoms with Gasteiger partial charge in [0, 0.05) is 6.04 Å². The van der Waals surface area contributed by atoms with Gasteiger partial charge in [-0.25, -0.2) is 0 Å². The topological polar surface area (TPSA) is 38.3 Å². The van der Waals surface area contributed by atoms with E-state index in [1.54, 1.807) is 0 Å². The van der Waals surface area contributed by atoms with Crippen LogP contribution in [-0.4, -0.2) is 24.2 Å². The fourth-order valence-electron chi connectivity index (χ4n) is 2.56. The standard InChI is InChI=1S/C14H27NO2/c1-10-6-7-12(11(2)8-10)15-9-13(16)17-14(3,4)5/h10-12,15H,6-9H2,1-5H3. The largest absolute Gasteiger partial charge is 0.459 e. The molecule has 3 heteroatoms. The summed E-state index contributed by atoms with van der Waals surface area (Å²) in [7, 11) is 0. The van der Waals surface area contributed by atoms with Crippen LogP contribution in [0, 0.1) is 11.8 Å². The van der Waals surface area contributed by atoms with E-state index in [4.69, 9.17) is 4.74 Å². The number of hydrogen-bond donors (Lipinski definition) is 1. The maximum Gasteiger partial charge on any atom is 0.320 e. The first-order valence-electron chi connectivity index (χ1n) is 6.73. The van der Waals surface area contributed by atoms with E-state index in [1.165, 1.54) is 19.3 Å². The molecule has 3 atom stereocenters. The first kappa shape index (κ1) is 14.5. The Bertz CT molecular complexity index is 257. The summed E-state index contributed by atoms with van der Waals surface area (Å²) in [5.74, 6) is 1.33. The van der Waals surface area contributed by atoms with Crippen molar-refractivity contribution in [1.82, 2.24) is 5.32 Å². The van der Waals surface area contributed by atoms with Gasteiger partial charge in [0.05, 0.1) is 6.54 Å². The Morgan fingerprint density at radius 1 is 1.29 bits per heavy atom. The number of esters is 1. The summed E-state index contributed by atoms with van der Waals surface area (Å²) in [5, 5.41) is 3.34. The summed E-state index contributed by atoms with van der Waals surface area (Å²) < 4.78 is 5.28. The van der Waals surface area contributed by atoms with Crippen LogP contribution in [0.15, 0.2) is 0 Å². The molecular formula is C14H27NO2. The number of rotatable bonds is 3. The molecule has 1 aliphatic rings. The first-order valence-corrected chi connectivity index (χ1v) is 6.73. The molecule has 0 aliphatic heterocycles. The average Bonchev–Trinajstić information content (AvgIpc) is 2.13. The van der Waals surface area contributed by atoms with Crippen molar-refractivity contribution in [3.05, 3.63) is 0 Å². The van der Waals surface area contributed by atoms with Crippen molar-refractivity contribution in [1.29, 1.82) is 0 Å². The Hall–Kier alpha value is -0.570. The van der Waals surface area contributed by atoms with E-state index in [1.807, 2.05) is 20.8 Å². The van der Waals surface area contributed by atoms with E-state index in [2.05, 4.69) is 19.2 Å². The summed E-state index contributed by atoms with van der Waals surface area (Å²) in [5.41, 5.74) is -0.383. The highest BCUT2D eigenvalue weighted by atomic mass is 16.6. The second kappa shape index (κ2) is 5.85. The molecule has 0 saturated heterocycles. The lowest BCUT2D eigenvalue weighted by Gasteiger charge is -2.33. The molecule has 1 rings (SSSR count). The number of carbonyl (C=O) groups is 1. The van der Waals surface area contributed by atoms with E-state index in [0.29, 0.717) is 18.5 Å². The SMILES string of the molecule is CC1CCC(NCC(=O)OC(C)(C)C)C(C)C1. The molecule has 1 saturated carbocycles. The molecule has 0 spiro atoms. The van der Waals surface area contributed by atoms with Crippen LogP contribution >= 0.6 is 0 Å². The monoisotopic (exact) mass is 241 g/mol. The van der Waals surface area contributed by atoms with Crippen LogP contribution in [0.2, 0.25) is 0 Å². The predicted molar refractivity (Wildman–Crippen MR) is 69.8 cm³/mol. The lowest BCUT2D eigenvalue weighted by Crippen LogP contribution is -2.42. The summed E-state index contributed by atoms with van der Waals surface area (Å²) in [4.78, 5) is 11.6. The predicted octanol–water partition coefficient (Wildman–Crippen LogP) is 2.74. The van der Waals surface area contributed by atoms with Crippen LogP contribution < -0.4 is 5.32 Å². The van der Waals surface area contributed by atoms with Crippen LogP contribution in [0.1, 0.15) is 53.9 Å². The number of nitrogens with one attached hydrogen (secondary N) is 1. The summed E-state index contributed by atoms with van der Waals surface area (Å²) in [6.45, 7) is 10.6. The zero-order valence-corrected chi connectivity index (χ0v) is 11.9. The summed E-state index contributed by atoms with van der Waals surface area (Å²) in [6, 6.07) is 0.471. The van der Waals surface area contributed by atoms with Crippen molar-refractivity contribution >= 4 is 5.97 Å². The highest BCUT2D eigenvalue weighted by Gasteiger charge is 2.26. The fraction of sp³-hybridized carbons (Fsp3) is 0.929. The van der Waals surface area contributed by atoms with Gasteiger partial charge in [-0.3, -0.25) is 4.79 Å². The Kier molecular flexibility index (Phi) is 4.99. The summed E-state index contributed by atoms with van der Waals surface area (Å²) >= 11 is 0. The van der Waals surface area contributed by atoms with Gasteiger partial charge < -0.3 is 10.1 Å². The Morgan fingerprint density at radius 2 is 1.94 bits per heavy atom. The minimum absolute atomic E-state index is 0.150. The molecule has 1 fully saturated rings. The van der Waals surface area contributed by atoms with Gasteiger partial charge in [0.25, 0.3) is 0 Å². The van der Waals surface area contributed by atoms with E-state index in [-0.39, 0.29) is 11.6 Å². The maximum atomic E-state index is 11.6. The zero-order chi connectivity index (χ0) is 13.1. The van der Waals surface area contributed by atoms with Crippen LogP contribution in [0.25, 0.3) is 0 Å². The van der Waals surface area contributed by atoms with Gasteiger partial charge in [-0.1, -0.05) is 13.8 Å². The number of hydrogen-bond acceptors (Lipinski definition) is 3. The second-order valence-electron chi connectivity index (χ2n) is 6.47. The van der Waals surface area contributed by atoms with Crippen molar-refractivity contribution in [2.75, 3.05) is 6.54 Å². The third-order valence-corrected chi connectivity index (χ3v) is 3.36. The zero-order valence-electron chi connectivity index (χ0n) is 11.9. The molecular weight excluding hydrogens is 214 g/mol. The quantitative estimate of drug-likeness (QED) is 0.772. The minimum Gasteiger partial charge on any atom is -0.459 e. The molecule has 0 heterocycles. The van der Waals surface area contributed by atoms with Gasteiger partial charge in [0.2, 0.25) is 0 Å². The van der Waals surface area contributed by atoms with Crippen LogP contribution in [0.3, 0.4) is 0 Å². The molecule has 0 aromatic carbocycles. The number of carbonyl (C=O) groups excluding carboxylic acids is 1. The third kappa shape index (κ3) is 5.53. The molecule has 0 bridgehead atoms. The molecule has 3 nitrogen and oxygen atoms in total. The molecule has 0 aromatic heterocycles. The fourth-order valence-corrected chi connectivity index (χ4v) is 2.56. The highest BCUT2D eigenvalue weighted by molar-refractivity contribution is 5.72. The Balaban J connectivity index is 2.28. The van der Waals surface area contributed by atoms with Crippen molar-refractivity contribution in [2.45, 2.75) is 65.5 Å². The smallest absolute Gasteiger partial charge is 0.320 e. The molecule has 0 aromatic rings. The Labute approximate surface area is 105 Å². The molecule has 17 heavy (non-hydrogen) atoms. The van der Waals surface area contributed by atoms with Crippen LogP contribution in [-0.2, 0) is 9.53 Å². The molecule has 1 N–H and O–H groups in total. The molecule has 100 valence electrons. The van der Waals surface area contributed by atoms with Crippen LogP contribution in [0.5, 0.6) is 0 Å². The van der Waals surface area contributed by atoms with Crippen molar-refractivity contribution < 1.29 is 9.53 Å². The average molecular weight is 241 g/mol. The Morgan fingerprint density at radius 3 is 2.47 bits per heavy atom. The minimum atomic E-state index is -0.383. The van der Waals surface area contributed by atoms with Crippen molar-refractivity contribution in [3.8, 4) is 0 Å². The van der Waals surface area contributed by atoms with E-state index in [9.17, 15) is 4.79 Å². The summed E-state index contributed by atoms with van der Waals surface area (Å²) in [6.07, 6.45) is 3.69.